The molecule has 0 heterocycles. The summed E-state index contributed by atoms with van der Waals surface area (Å²) in [4.78, 5) is 12.4. The van der Waals surface area contributed by atoms with Crippen LogP contribution in [0.25, 0.3) is 0 Å². The van der Waals surface area contributed by atoms with E-state index in [0.717, 1.165) is 18.9 Å². The molecule has 0 bridgehead atoms. The fourth-order valence-corrected chi connectivity index (χ4v) is 4.03. The summed E-state index contributed by atoms with van der Waals surface area (Å²) in [7, 11) is 0. The van der Waals surface area contributed by atoms with Crippen LogP contribution in [0.1, 0.15) is 57.6 Å². The molecule has 7 heteroatoms. The lowest BCUT2D eigenvalue weighted by molar-refractivity contribution is 0.0418. The summed E-state index contributed by atoms with van der Waals surface area (Å²) in [5.74, 6) is -0.640. The fourth-order valence-electron chi connectivity index (χ4n) is 4.03. The first kappa shape index (κ1) is 24.4. The van der Waals surface area contributed by atoms with Crippen LogP contribution >= 0.6 is 0 Å². The molecule has 1 saturated carbocycles. The molecule has 1 fully saturated rings. The monoisotopic (exact) mass is 448 g/mol. The molecular weight excluding hydrogens is 414 g/mol. The molecule has 32 heavy (non-hydrogen) atoms. The number of alkyl carbamates (subject to hydrolysis) is 1. The van der Waals surface area contributed by atoms with E-state index in [1.807, 2.05) is 19.1 Å². The first-order chi connectivity index (χ1) is 15.0. The lowest BCUT2D eigenvalue weighted by atomic mass is 9.93. The van der Waals surface area contributed by atoms with Crippen LogP contribution in [0.4, 0.5) is 13.6 Å². The van der Waals surface area contributed by atoms with E-state index in [1.165, 1.54) is 17.2 Å². The molecule has 1 aromatic rings. The SMILES string of the molecule is Cc1cccc(C2(NC[C@@H](O)[C@H](CC3=CC(F)=CC(F)C3)NC(=O)OC(C)(C)C)CC2)c1. The molecule has 0 aliphatic heterocycles. The number of aryl methyl sites for hydroxylation is 1. The molecule has 0 aromatic heterocycles. The number of halogens is 2. The van der Waals surface area contributed by atoms with Gasteiger partial charge in [0.1, 0.15) is 17.6 Å². The number of nitrogens with one attached hydrogen (secondary N) is 2. The minimum absolute atomic E-state index is 0.0350. The number of aliphatic hydroxyl groups excluding tert-OH is 1. The van der Waals surface area contributed by atoms with Gasteiger partial charge in [-0.1, -0.05) is 35.4 Å². The van der Waals surface area contributed by atoms with E-state index < -0.39 is 35.8 Å². The maximum Gasteiger partial charge on any atom is 0.407 e. The predicted molar refractivity (Wildman–Crippen MR) is 121 cm³/mol. The molecule has 0 saturated heterocycles. The van der Waals surface area contributed by atoms with Crippen molar-refractivity contribution in [3.05, 3.63) is 58.9 Å². The number of benzene rings is 1. The van der Waals surface area contributed by atoms with Gasteiger partial charge in [0, 0.05) is 18.5 Å². The second-order valence-electron chi connectivity index (χ2n) is 9.93. The third-order valence-electron chi connectivity index (χ3n) is 5.76. The Kier molecular flexibility index (Phi) is 7.40. The van der Waals surface area contributed by atoms with E-state index in [4.69, 9.17) is 4.74 Å². The van der Waals surface area contributed by atoms with Gasteiger partial charge in [-0.3, -0.25) is 0 Å². The molecule has 2 aliphatic carbocycles. The largest absolute Gasteiger partial charge is 0.444 e. The molecule has 2 aliphatic rings. The van der Waals surface area contributed by atoms with Crippen molar-refractivity contribution in [2.24, 2.45) is 0 Å². The Labute approximate surface area is 188 Å². The van der Waals surface area contributed by atoms with Gasteiger partial charge in [0.25, 0.3) is 0 Å². The third kappa shape index (κ3) is 6.87. The van der Waals surface area contributed by atoms with Crippen molar-refractivity contribution in [2.45, 2.75) is 82.8 Å². The van der Waals surface area contributed by atoms with Gasteiger partial charge >= 0.3 is 6.09 Å². The number of allylic oxidation sites excluding steroid dienone is 3. The summed E-state index contributed by atoms with van der Waals surface area (Å²) in [5.41, 5.74) is 1.94. The van der Waals surface area contributed by atoms with Gasteiger partial charge in [-0.2, -0.15) is 0 Å². The Balaban J connectivity index is 1.69. The molecule has 3 rings (SSSR count). The van der Waals surface area contributed by atoms with Crippen LogP contribution in [0.15, 0.2) is 47.8 Å². The van der Waals surface area contributed by atoms with Crippen LogP contribution in [-0.4, -0.2) is 41.7 Å². The van der Waals surface area contributed by atoms with Crippen molar-refractivity contribution in [1.29, 1.82) is 0 Å². The number of alkyl halides is 1. The number of amides is 1. The maximum atomic E-state index is 13.8. The molecule has 0 spiro atoms. The van der Waals surface area contributed by atoms with Crippen LogP contribution in [-0.2, 0) is 10.3 Å². The second-order valence-corrected chi connectivity index (χ2v) is 9.93. The zero-order chi connectivity index (χ0) is 23.5. The summed E-state index contributed by atoms with van der Waals surface area (Å²) >= 11 is 0. The standard InChI is InChI=1S/C25H34F2N2O3/c1-16-6-5-7-18(10-16)25(8-9-25)28-15-22(30)21(29-23(31)32-24(2,3)4)13-17-11-19(26)14-20(27)12-17/h5-7,10-11,14,20-22,28,30H,8-9,12-13,15H2,1-4H3,(H,29,31)/t20?,21-,22+/m0/s1. The molecule has 176 valence electrons. The van der Waals surface area contributed by atoms with Crippen molar-refractivity contribution in [3.8, 4) is 0 Å². The zero-order valence-electron chi connectivity index (χ0n) is 19.3. The molecule has 5 nitrogen and oxygen atoms in total. The highest BCUT2D eigenvalue weighted by atomic mass is 19.1. The number of ether oxygens (including phenoxy) is 1. The number of hydrogen-bond donors (Lipinski definition) is 3. The van der Waals surface area contributed by atoms with Gasteiger partial charge in [0.15, 0.2) is 0 Å². The fraction of sp³-hybridized carbons (Fsp3) is 0.560. The quantitative estimate of drug-likeness (QED) is 0.537. The van der Waals surface area contributed by atoms with Crippen LogP contribution in [0.5, 0.6) is 0 Å². The van der Waals surface area contributed by atoms with Gasteiger partial charge in [-0.05, 0) is 64.7 Å². The zero-order valence-corrected chi connectivity index (χ0v) is 19.3. The minimum Gasteiger partial charge on any atom is -0.444 e. The maximum absolute atomic E-state index is 13.8. The summed E-state index contributed by atoms with van der Waals surface area (Å²) in [5, 5.41) is 17.1. The van der Waals surface area contributed by atoms with Gasteiger partial charge in [0.05, 0.1) is 12.1 Å². The first-order valence-electron chi connectivity index (χ1n) is 11.2. The third-order valence-corrected chi connectivity index (χ3v) is 5.76. The Hall–Kier alpha value is -2.25. The van der Waals surface area contributed by atoms with Crippen LogP contribution in [0.2, 0.25) is 0 Å². The highest BCUT2D eigenvalue weighted by Gasteiger charge is 2.44. The average Bonchev–Trinajstić information content (AvgIpc) is 3.44. The Morgan fingerprint density at radius 3 is 2.66 bits per heavy atom. The summed E-state index contributed by atoms with van der Waals surface area (Å²) < 4.78 is 32.9. The Morgan fingerprint density at radius 1 is 1.34 bits per heavy atom. The van der Waals surface area contributed by atoms with Crippen molar-refractivity contribution in [3.63, 3.8) is 0 Å². The molecule has 0 radical (unpaired) electrons. The Bertz CT molecular complexity index is 887. The molecule has 1 aromatic carbocycles. The van der Waals surface area contributed by atoms with Crippen molar-refractivity contribution >= 4 is 6.09 Å². The summed E-state index contributed by atoms with van der Waals surface area (Å²) in [6.07, 6.45) is 1.21. The topological polar surface area (TPSA) is 70.6 Å². The van der Waals surface area contributed by atoms with Crippen LogP contribution in [0.3, 0.4) is 0 Å². The number of aliphatic hydroxyl groups is 1. The van der Waals surface area contributed by atoms with Gasteiger partial charge < -0.3 is 20.5 Å². The molecule has 3 atom stereocenters. The first-order valence-corrected chi connectivity index (χ1v) is 11.2. The van der Waals surface area contributed by atoms with Crippen molar-refractivity contribution < 1.29 is 23.4 Å². The lowest BCUT2D eigenvalue weighted by Crippen LogP contribution is -2.50. The van der Waals surface area contributed by atoms with Gasteiger partial charge in [-0.15, -0.1) is 0 Å². The van der Waals surface area contributed by atoms with E-state index >= 15 is 0 Å². The number of carbonyl (C=O) groups excluding carboxylic acids is 1. The number of rotatable bonds is 8. The van der Waals surface area contributed by atoms with E-state index in [2.05, 4.69) is 22.8 Å². The highest BCUT2D eigenvalue weighted by molar-refractivity contribution is 5.68. The molecule has 1 amide bonds. The lowest BCUT2D eigenvalue weighted by Gasteiger charge is -2.29. The van der Waals surface area contributed by atoms with E-state index in [9.17, 15) is 18.7 Å². The number of hydrogen-bond acceptors (Lipinski definition) is 4. The second kappa shape index (κ2) is 9.71. The van der Waals surface area contributed by atoms with Crippen LogP contribution in [0, 0.1) is 6.92 Å². The molecular formula is C25H34F2N2O3. The summed E-state index contributed by atoms with van der Waals surface area (Å²) in [6, 6.07) is 7.50. The van der Waals surface area contributed by atoms with E-state index in [0.29, 0.717) is 5.57 Å². The predicted octanol–water partition coefficient (Wildman–Crippen LogP) is 4.74. The minimum atomic E-state index is -1.41. The average molecular weight is 449 g/mol. The van der Waals surface area contributed by atoms with Crippen LogP contribution < -0.4 is 10.6 Å². The van der Waals surface area contributed by atoms with E-state index in [1.54, 1.807) is 20.8 Å². The van der Waals surface area contributed by atoms with Gasteiger partial charge in [-0.25, -0.2) is 13.6 Å². The van der Waals surface area contributed by atoms with Crippen molar-refractivity contribution in [1.82, 2.24) is 10.6 Å². The summed E-state index contributed by atoms with van der Waals surface area (Å²) in [6.45, 7) is 7.50. The van der Waals surface area contributed by atoms with Crippen molar-refractivity contribution in [2.75, 3.05) is 6.54 Å². The Morgan fingerprint density at radius 2 is 2.06 bits per heavy atom. The molecule has 3 N–H and O–H groups in total. The van der Waals surface area contributed by atoms with Gasteiger partial charge in [0.2, 0.25) is 0 Å². The number of carbonyl (C=O) groups is 1. The highest BCUT2D eigenvalue weighted by Crippen LogP contribution is 2.45. The smallest absolute Gasteiger partial charge is 0.407 e. The molecule has 1 unspecified atom stereocenters. The van der Waals surface area contributed by atoms with E-state index in [-0.39, 0.29) is 24.9 Å². The normalized spacial score (nSPS) is 21.8.